The van der Waals surface area contributed by atoms with E-state index in [0.29, 0.717) is 30.8 Å². The molecule has 5 heteroatoms. The van der Waals surface area contributed by atoms with E-state index in [1.165, 1.54) is 19.3 Å². The number of amides is 1. The minimum Gasteiger partial charge on any atom is -0.486 e. The molecule has 1 fully saturated rings. The molecule has 0 atom stereocenters. The second-order valence-electron chi connectivity index (χ2n) is 5.50. The Morgan fingerprint density at radius 2 is 1.90 bits per heavy atom. The number of ether oxygens (including phenoxy) is 3. The van der Waals surface area contributed by atoms with E-state index in [1.807, 2.05) is 6.07 Å². The van der Waals surface area contributed by atoms with Gasteiger partial charge in [0.1, 0.15) is 19.0 Å². The van der Waals surface area contributed by atoms with Crippen molar-refractivity contribution in [1.82, 2.24) is 5.32 Å². The van der Waals surface area contributed by atoms with Crippen LogP contribution in [0, 0.1) is 0 Å². The summed E-state index contributed by atoms with van der Waals surface area (Å²) in [5.74, 6) is 1.96. The monoisotopic (exact) mass is 291 g/mol. The van der Waals surface area contributed by atoms with Crippen LogP contribution in [0.25, 0.3) is 0 Å². The molecule has 1 aliphatic carbocycles. The molecule has 1 aromatic carbocycles. The Balaban J connectivity index is 1.49. The van der Waals surface area contributed by atoms with Crippen molar-refractivity contribution in [3.63, 3.8) is 0 Å². The molecule has 1 aromatic rings. The molecule has 0 unspecified atom stereocenters. The highest BCUT2D eigenvalue weighted by atomic mass is 16.6. The molecule has 0 saturated heterocycles. The van der Waals surface area contributed by atoms with Gasteiger partial charge in [0.2, 0.25) is 0 Å². The summed E-state index contributed by atoms with van der Waals surface area (Å²) in [7, 11) is 0. The van der Waals surface area contributed by atoms with Gasteiger partial charge in [-0.15, -0.1) is 0 Å². The zero-order valence-electron chi connectivity index (χ0n) is 12.1. The summed E-state index contributed by atoms with van der Waals surface area (Å²) in [6.07, 6.45) is 5.84. The van der Waals surface area contributed by atoms with Crippen LogP contribution in [0.2, 0.25) is 0 Å². The van der Waals surface area contributed by atoms with Gasteiger partial charge in [0.15, 0.2) is 18.1 Å². The Bertz CT molecular complexity index is 497. The highest BCUT2D eigenvalue weighted by Crippen LogP contribution is 2.33. The second kappa shape index (κ2) is 6.70. The average molecular weight is 291 g/mol. The number of carbonyl (C=O) groups is 1. The third-order valence-electron chi connectivity index (χ3n) is 3.85. The highest BCUT2D eigenvalue weighted by Gasteiger charge is 2.16. The van der Waals surface area contributed by atoms with E-state index in [1.54, 1.807) is 12.1 Å². The van der Waals surface area contributed by atoms with Gasteiger partial charge in [-0.2, -0.15) is 0 Å². The van der Waals surface area contributed by atoms with Crippen molar-refractivity contribution < 1.29 is 19.0 Å². The van der Waals surface area contributed by atoms with Gasteiger partial charge < -0.3 is 19.5 Å². The predicted molar refractivity (Wildman–Crippen MR) is 77.9 cm³/mol. The van der Waals surface area contributed by atoms with E-state index in [2.05, 4.69) is 5.32 Å². The van der Waals surface area contributed by atoms with Gasteiger partial charge in [-0.25, -0.2) is 0 Å². The molecule has 3 rings (SSSR count). The summed E-state index contributed by atoms with van der Waals surface area (Å²) in [6.45, 7) is 1.14. The molecule has 0 aromatic heterocycles. The van der Waals surface area contributed by atoms with Gasteiger partial charge in [-0.3, -0.25) is 4.79 Å². The number of nitrogens with one attached hydrogen (secondary N) is 1. The van der Waals surface area contributed by atoms with E-state index in [9.17, 15) is 4.79 Å². The normalized spacial score (nSPS) is 18.1. The third kappa shape index (κ3) is 3.80. The minimum absolute atomic E-state index is 0.0378. The Hall–Kier alpha value is -1.91. The third-order valence-corrected chi connectivity index (χ3v) is 3.85. The van der Waals surface area contributed by atoms with Crippen molar-refractivity contribution in [3.8, 4) is 17.2 Å². The predicted octanol–water partition coefficient (Wildman–Crippen LogP) is 2.29. The van der Waals surface area contributed by atoms with Gasteiger partial charge in [0.25, 0.3) is 5.91 Å². The largest absolute Gasteiger partial charge is 0.486 e. The summed E-state index contributed by atoms with van der Waals surface area (Å²) in [5.41, 5.74) is 0. The van der Waals surface area contributed by atoms with Gasteiger partial charge in [0.05, 0.1) is 0 Å². The van der Waals surface area contributed by atoms with E-state index in [-0.39, 0.29) is 12.5 Å². The van der Waals surface area contributed by atoms with Crippen LogP contribution in [-0.4, -0.2) is 31.8 Å². The SMILES string of the molecule is O=C(COc1ccc2c(c1)OCCO2)NC1CCCCC1. The van der Waals surface area contributed by atoms with Gasteiger partial charge >= 0.3 is 0 Å². The molecule has 0 radical (unpaired) electrons. The van der Waals surface area contributed by atoms with Crippen molar-refractivity contribution in [2.24, 2.45) is 0 Å². The minimum atomic E-state index is -0.0585. The lowest BCUT2D eigenvalue weighted by Crippen LogP contribution is -2.38. The molecule has 1 heterocycles. The van der Waals surface area contributed by atoms with Crippen LogP contribution in [0.4, 0.5) is 0 Å². The lowest BCUT2D eigenvalue weighted by atomic mass is 9.95. The maximum absolute atomic E-state index is 11.9. The van der Waals surface area contributed by atoms with Crippen LogP contribution in [0.15, 0.2) is 18.2 Å². The number of benzene rings is 1. The number of carbonyl (C=O) groups excluding carboxylic acids is 1. The van der Waals surface area contributed by atoms with Crippen LogP contribution in [0.5, 0.6) is 17.2 Å². The van der Waals surface area contributed by atoms with Gasteiger partial charge in [0, 0.05) is 12.1 Å². The van der Waals surface area contributed by atoms with Crippen molar-refractivity contribution in [1.29, 1.82) is 0 Å². The Labute approximate surface area is 124 Å². The molecule has 1 N–H and O–H groups in total. The lowest BCUT2D eigenvalue weighted by Gasteiger charge is -2.23. The molecular weight excluding hydrogens is 270 g/mol. The fourth-order valence-electron chi connectivity index (χ4n) is 2.78. The summed E-state index contributed by atoms with van der Waals surface area (Å²) < 4.78 is 16.5. The van der Waals surface area contributed by atoms with Crippen molar-refractivity contribution in [2.75, 3.05) is 19.8 Å². The standard InChI is InChI=1S/C16H21NO4/c18-16(17-12-4-2-1-3-5-12)11-21-13-6-7-14-15(10-13)20-9-8-19-14/h6-7,10,12H,1-5,8-9,11H2,(H,17,18). The van der Waals surface area contributed by atoms with Gasteiger partial charge in [-0.05, 0) is 25.0 Å². The molecule has 1 amide bonds. The maximum Gasteiger partial charge on any atom is 0.258 e. The van der Waals surface area contributed by atoms with E-state index >= 15 is 0 Å². The molecule has 1 saturated carbocycles. The smallest absolute Gasteiger partial charge is 0.258 e. The number of rotatable bonds is 4. The molecular formula is C16H21NO4. The molecule has 1 aliphatic heterocycles. The van der Waals surface area contributed by atoms with Crippen molar-refractivity contribution in [2.45, 2.75) is 38.1 Å². The van der Waals surface area contributed by atoms with E-state index in [0.717, 1.165) is 18.6 Å². The maximum atomic E-state index is 11.9. The van der Waals surface area contributed by atoms with E-state index in [4.69, 9.17) is 14.2 Å². The first-order chi connectivity index (χ1) is 10.3. The van der Waals surface area contributed by atoms with Crippen LogP contribution in [0.3, 0.4) is 0 Å². The Kier molecular flexibility index (Phi) is 4.48. The zero-order chi connectivity index (χ0) is 14.5. The first kappa shape index (κ1) is 14.0. The lowest BCUT2D eigenvalue weighted by molar-refractivity contribution is -0.124. The topological polar surface area (TPSA) is 56.8 Å². The summed E-state index contributed by atoms with van der Waals surface area (Å²) in [5, 5.41) is 3.03. The van der Waals surface area contributed by atoms with E-state index < -0.39 is 0 Å². The van der Waals surface area contributed by atoms with Gasteiger partial charge in [-0.1, -0.05) is 19.3 Å². The fraction of sp³-hybridized carbons (Fsp3) is 0.562. The number of hydrogen-bond acceptors (Lipinski definition) is 4. The number of hydrogen-bond donors (Lipinski definition) is 1. The van der Waals surface area contributed by atoms with Crippen molar-refractivity contribution in [3.05, 3.63) is 18.2 Å². The van der Waals surface area contributed by atoms with Crippen LogP contribution >= 0.6 is 0 Å². The van der Waals surface area contributed by atoms with Crippen molar-refractivity contribution >= 4 is 5.91 Å². The molecule has 2 aliphatic rings. The second-order valence-corrected chi connectivity index (χ2v) is 5.50. The van der Waals surface area contributed by atoms with Crippen LogP contribution < -0.4 is 19.5 Å². The number of fused-ring (bicyclic) bond motifs is 1. The Morgan fingerprint density at radius 3 is 2.71 bits per heavy atom. The first-order valence-corrected chi connectivity index (χ1v) is 7.63. The van der Waals surface area contributed by atoms with Crippen LogP contribution in [-0.2, 0) is 4.79 Å². The highest BCUT2D eigenvalue weighted by molar-refractivity contribution is 5.77. The molecule has 5 nitrogen and oxygen atoms in total. The summed E-state index contributed by atoms with van der Waals surface area (Å²) in [6, 6.07) is 5.68. The Morgan fingerprint density at radius 1 is 1.14 bits per heavy atom. The molecule has 21 heavy (non-hydrogen) atoms. The van der Waals surface area contributed by atoms with Crippen LogP contribution in [0.1, 0.15) is 32.1 Å². The summed E-state index contributed by atoms with van der Waals surface area (Å²) >= 11 is 0. The fourth-order valence-corrected chi connectivity index (χ4v) is 2.78. The zero-order valence-corrected chi connectivity index (χ0v) is 12.1. The average Bonchev–Trinajstić information content (AvgIpc) is 2.54. The molecule has 0 spiro atoms. The first-order valence-electron chi connectivity index (χ1n) is 7.63. The summed E-state index contributed by atoms with van der Waals surface area (Å²) in [4.78, 5) is 11.9. The molecule has 0 bridgehead atoms. The molecule has 114 valence electrons. The quantitative estimate of drug-likeness (QED) is 0.924.